The number of carbonyl (C=O) groups excluding carboxylic acids is 1. The number of methoxy groups -OCH3 is 1. The Labute approximate surface area is 96.1 Å². The molecular weight excluding hydrogens is 202 g/mol. The third-order valence-corrected chi connectivity index (χ3v) is 2.42. The van der Waals surface area contributed by atoms with Crippen LogP contribution in [0.5, 0.6) is 0 Å². The van der Waals surface area contributed by atoms with Gasteiger partial charge >= 0.3 is 0 Å². The molecule has 3 nitrogen and oxygen atoms in total. The van der Waals surface area contributed by atoms with E-state index in [4.69, 9.17) is 4.74 Å². The second-order valence-electron chi connectivity index (χ2n) is 3.47. The highest BCUT2D eigenvalue weighted by atomic mass is 16.5. The van der Waals surface area contributed by atoms with E-state index in [0.717, 1.165) is 12.0 Å². The van der Waals surface area contributed by atoms with Gasteiger partial charge in [-0.25, -0.2) is 0 Å². The quantitative estimate of drug-likeness (QED) is 0.610. The van der Waals surface area contributed by atoms with E-state index in [-0.39, 0.29) is 17.7 Å². The van der Waals surface area contributed by atoms with Crippen LogP contribution in [0.4, 0.5) is 0 Å². The summed E-state index contributed by atoms with van der Waals surface area (Å²) in [5, 5.41) is 2.87. The number of rotatable bonds is 5. The fourth-order valence-corrected chi connectivity index (χ4v) is 1.44. The Morgan fingerprint density at radius 3 is 2.56 bits per heavy atom. The zero-order valence-electron chi connectivity index (χ0n) is 9.69. The first-order valence-corrected chi connectivity index (χ1v) is 5.27. The smallest absolute Gasteiger partial charge is 0.286 e. The van der Waals surface area contributed by atoms with E-state index in [1.807, 2.05) is 37.3 Å². The molecule has 3 heteroatoms. The molecule has 1 rings (SSSR count). The van der Waals surface area contributed by atoms with Crippen molar-refractivity contribution in [1.82, 2.24) is 5.32 Å². The molecule has 0 radical (unpaired) electrons. The highest BCUT2D eigenvalue weighted by Gasteiger charge is 2.14. The molecule has 0 unspecified atom stereocenters. The second-order valence-corrected chi connectivity index (χ2v) is 3.47. The third kappa shape index (κ3) is 3.12. The highest BCUT2D eigenvalue weighted by molar-refractivity contribution is 5.91. The van der Waals surface area contributed by atoms with Crippen LogP contribution in [-0.4, -0.2) is 13.0 Å². The molecule has 0 aliphatic rings. The number of hydrogen-bond acceptors (Lipinski definition) is 2. The molecule has 16 heavy (non-hydrogen) atoms. The van der Waals surface area contributed by atoms with Crippen LogP contribution in [0.3, 0.4) is 0 Å². The van der Waals surface area contributed by atoms with Gasteiger partial charge in [0.15, 0.2) is 5.76 Å². The summed E-state index contributed by atoms with van der Waals surface area (Å²) < 4.78 is 4.79. The van der Waals surface area contributed by atoms with Gasteiger partial charge in [0.2, 0.25) is 0 Å². The van der Waals surface area contributed by atoms with Crippen LogP contribution in [0, 0.1) is 0 Å². The number of amides is 1. The van der Waals surface area contributed by atoms with Crippen LogP contribution in [0.25, 0.3) is 0 Å². The van der Waals surface area contributed by atoms with Gasteiger partial charge in [0.05, 0.1) is 13.2 Å². The largest absolute Gasteiger partial charge is 0.492 e. The van der Waals surface area contributed by atoms with Crippen LogP contribution in [0.15, 0.2) is 42.7 Å². The number of benzene rings is 1. The van der Waals surface area contributed by atoms with E-state index in [2.05, 4.69) is 11.9 Å². The van der Waals surface area contributed by atoms with Crippen molar-refractivity contribution >= 4 is 5.91 Å². The third-order valence-electron chi connectivity index (χ3n) is 2.42. The van der Waals surface area contributed by atoms with Gasteiger partial charge < -0.3 is 10.1 Å². The minimum Gasteiger partial charge on any atom is -0.492 e. The Bertz CT molecular complexity index is 359. The van der Waals surface area contributed by atoms with Crippen molar-refractivity contribution in [3.8, 4) is 0 Å². The fraction of sp³-hybridized carbons (Fsp3) is 0.308. The minimum absolute atomic E-state index is 0.000556. The molecule has 0 heterocycles. The van der Waals surface area contributed by atoms with Crippen molar-refractivity contribution < 1.29 is 9.53 Å². The Hall–Kier alpha value is -1.77. The van der Waals surface area contributed by atoms with Crippen molar-refractivity contribution in [2.45, 2.75) is 19.4 Å². The summed E-state index contributed by atoms with van der Waals surface area (Å²) in [7, 11) is 1.44. The van der Waals surface area contributed by atoms with Gasteiger partial charge in [0.25, 0.3) is 5.91 Å². The molecule has 1 amide bonds. The van der Waals surface area contributed by atoms with Gasteiger partial charge in [0.1, 0.15) is 0 Å². The van der Waals surface area contributed by atoms with Crippen LogP contribution in [0.2, 0.25) is 0 Å². The summed E-state index contributed by atoms with van der Waals surface area (Å²) >= 11 is 0. The monoisotopic (exact) mass is 219 g/mol. The van der Waals surface area contributed by atoms with E-state index < -0.39 is 0 Å². The van der Waals surface area contributed by atoms with Crippen molar-refractivity contribution in [1.29, 1.82) is 0 Å². The van der Waals surface area contributed by atoms with Gasteiger partial charge in [-0.3, -0.25) is 4.79 Å². The summed E-state index contributed by atoms with van der Waals surface area (Å²) in [5.74, 6) is -0.132. The van der Waals surface area contributed by atoms with Crippen molar-refractivity contribution in [2.75, 3.05) is 7.11 Å². The minimum atomic E-state index is -0.266. The first-order chi connectivity index (χ1) is 7.69. The molecule has 0 spiro atoms. The number of hydrogen-bond donors (Lipinski definition) is 1. The maximum Gasteiger partial charge on any atom is 0.286 e. The number of ether oxygens (including phenoxy) is 1. The van der Waals surface area contributed by atoms with Crippen LogP contribution < -0.4 is 5.32 Å². The predicted molar refractivity (Wildman–Crippen MR) is 63.8 cm³/mol. The van der Waals surface area contributed by atoms with E-state index in [9.17, 15) is 4.79 Å². The van der Waals surface area contributed by atoms with Gasteiger partial charge in [-0.2, -0.15) is 0 Å². The van der Waals surface area contributed by atoms with E-state index >= 15 is 0 Å². The Kier molecular flexibility index (Phi) is 4.58. The van der Waals surface area contributed by atoms with Crippen molar-refractivity contribution in [3.05, 3.63) is 48.2 Å². The lowest BCUT2D eigenvalue weighted by atomic mass is 10.0. The SMILES string of the molecule is C=C(OC)C(=O)N[C@@H](CC)c1ccccc1. The van der Waals surface area contributed by atoms with E-state index in [0.29, 0.717) is 0 Å². The Balaban J connectivity index is 2.70. The fourth-order valence-electron chi connectivity index (χ4n) is 1.44. The van der Waals surface area contributed by atoms with Crippen LogP contribution >= 0.6 is 0 Å². The average molecular weight is 219 g/mol. The highest BCUT2D eigenvalue weighted by Crippen LogP contribution is 2.16. The lowest BCUT2D eigenvalue weighted by molar-refractivity contribution is -0.121. The molecule has 0 aliphatic carbocycles. The van der Waals surface area contributed by atoms with Gasteiger partial charge in [-0.15, -0.1) is 0 Å². The van der Waals surface area contributed by atoms with Crippen LogP contribution in [-0.2, 0) is 9.53 Å². The molecule has 0 aromatic heterocycles. The van der Waals surface area contributed by atoms with Crippen molar-refractivity contribution in [2.24, 2.45) is 0 Å². The topological polar surface area (TPSA) is 38.3 Å². The van der Waals surface area contributed by atoms with Crippen molar-refractivity contribution in [3.63, 3.8) is 0 Å². The maximum absolute atomic E-state index is 11.6. The van der Waals surface area contributed by atoms with Crippen LogP contribution in [0.1, 0.15) is 24.9 Å². The van der Waals surface area contributed by atoms with Gasteiger partial charge in [-0.05, 0) is 12.0 Å². The number of carbonyl (C=O) groups is 1. The van der Waals surface area contributed by atoms with E-state index in [1.54, 1.807) is 0 Å². The Morgan fingerprint density at radius 1 is 1.44 bits per heavy atom. The van der Waals surface area contributed by atoms with E-state index in [1.165, 1.54) is 7.11 Å². The van der Waals surface area contributed by atoms with Gasteiger partial charge in [-0.1, -0.05) is 43.8 Å². The second kappa shape index (κ2) is 5.95. The lowest BCUT2D eigenvalue weighted by Gasteiger charge is -2.17. The zero-order chi connectivity index (χ0) is 12.0. The standard InChI is InChI=1S/C13H17NO2/c1-4-12(11-8-6-5-7-9-11)14-13(15)10(2)16-3/h5-9,12H,2,4H2,1,3H3,(H,14,15)/t12-/m0/s1. The predicted octanol–water partition coefficient (Wildman–Crippen LogP) is 2.41. The normalized spacial score (nSPS) is 11.6. The summed E-state index contributed by atoms with van der Waals surface area (Å²) in [4.78, 5) is 11.6. The summed E-state index contributed by atoms with van der Waals surface area (Å²) in [6.45, 7) is 5.54. The zero-order valence-corrected chi connectivity index (χ0v) is 9.69. The summed E-state index contributed by atoms with van der Waals surface area (Å²) in [6.07, 6.45) is 0.826. The molecule has 0 aliphatic heterocycles. The summed E-state index contributed by atoms with van der Waals surface area (Å²) in [5.41, 5.74) is 1.09. The van der Waals surface area contributed by atoms with Gasteiger partial charge in [0, 0.05) is 0 Å². The molecule has 0 fully saturated rings. The molecule has 1 aromatic rings. The molecule has 0 saturated carbocycles. The maximum atomic E-state index is 11.6. The molecule has 1 atom stereocenters. The average Bonchev–Trinajstić information content (AvgIpc) is 2.35. The first-order valence-electron chi connectivity index (χ1n) is 5.27. The Morgan fingerprint density at radius 2 is 2.06 bits per heavy atom. The summed E-state index contributed by atoms with van der Waals surface area (Å²) in [6, 6.07) is 9.84. The molecule has 1 N–H and O–H groups in total. The molecule has 0 saturated heterocycles. The number of nitrogens with one attached hydrogen (secondary N) is 1. The lowest BCUT2D eigenvalue weighted by Crippen LogP contribution is -2.29. The molecule has 1 aromatic carbocycles. The molecule has 86 valence electrons. The first kappa shape index (κ1) is 12.3. The molecular formula is C13H17NO2. The molecule has 0 bridgehead atoms.